The largest absolute Gasteiger partial charge is 0.481 e. The molecule has 0 spiro atoms. The molecule has 128 valence electrons. The molecule has 0 amide bonds. The van der Waals surface area contributed by atoms with Crippen LogP contribution in [0.1, 0.15) is 71.1 Å². The third kappa shape index (κ3) is 5.55. The number of hydrogen-bond donors (Lipinski definition) is 3. The molecule has 22 heavy (non-hydrogen) atoms. The van der Waals surface area contributed by atoms with Gasteiger partial charge in [0.25, 0.3) is 5.72 Å². The molecular weight excluding hydrogens is 290 g/mol. The number of carboxylic acids is 2. The van der Waals surface area contributed by atoms with E-state index in [0.717, 1.165) is 19.3 Å². The minimum atomic E-state index is -1.60. The van der Waals surface area contributed by atoms with Gasteiger partial charge in [-0.25, -0.2) is 4.79 Å². The second-order valence-corrected chi connectivity index (χ2v) is 5.85. The van der Waals surface area contributed by atoms with Gasteiger partial charge in [0, 0.05) is 12.3 Å². The number of carbonyl (C=O) groups is 2. The molecule has 0 aromatic carbocycles. The monoisotopic (exact) mass is 317 g/mol. The zero-order valence-electron chi connectivity index (χ0n) is 13.2. The van der Waals surface area contributed by atoms with E-state index in [0.29, 0.717) is 6.42 Å². The highest BCUT2D eigenvalue weighted by atomic mass is 17.3. The molecule has 2 atom stereocenters. The molecule has 1 rings (SSSR count). The lowest BCUT2D eigenvalue weighted by Gasteiger charge is -2.41. The quantitative estimate of drug-likeness (QED) is 0.354. The number of hydroxylamine groups is 1. The van der Waals surface area contributed by atoms with Crippen LogP contribution in [0.4, 0.5) is 0 Å². The molecule has 1 fully saturated rings. The number of rotatable bonds is 13. The summed E-state index contributed by atoms with van der Waals surface area (Å²) in [6.45, 7) is 2.17. The Bertz CT molecular complexity index is 356. The van der Waals surface area contributed by atoms with Crippen molar-refractivity contribution in [1.29, 1.82) is 0 Å². The predicted octanol–water partition coefficient (Wildman–Crippen LogP) is 2.86. The normalized spacial score (nSPS) is 22.0. The zero-order valence-corrected chi connectivity index (χ0v) is 13.2. The van der Waals surface area contributed by atoms with Crippen molar-refractivity contribution in [1.82, 2.24) is 5.48 Å². The first-order valence-electron chi connectivity index (χ1n) is 8.10. The summed E-state index contributed by atoms with van der Waals surface area (Å²) >= 11 is 0. The first-order valence-corrected chi connectivity index (χ1v) is 8.10. The lowest BCUT2D eigenvalue weighted by atomic mass is 9.86. The number of carboxylic acid groups (broad SMARTS) is 2. The number of hydrogen-bond acceptors (Lipinski definition) is 5. The van der Waals surface area contributed by atoms with Crippen LogP contribution < -0.4 is 5.48 Å². The molecule has 0 saturated carbocycles. The molecule has 1 heterocycles. The van der Waals surface area contributed by atoms with Crippen molar-refractivity contribution < 1.29 is 29.7 Å². The van der Waals surface area contributed by atoms with Gasteiger partial charge in [-0.1, -0.05) is 51.9 Å². The minimum absolute atomic E-state index is 0.0821. The Morgan fingerprint density at radius 1 is 1.05 bits per heavy atom. The third-order valence-electron chi connectivity index (χ3n) is 4.12. The Hall–Kier alpha value is -1.18. The van der Waals surface area contributed by atoms with Crippen molar-refractivity contribution in [3.05, 3.63) is 0 Å². The van der Waals surface area contributed by atoms with Crippen molar-refractivity contribution in [2.24, 2.45) is 5.92 Å². The molecule has 0 aromatic heterocycles. The fraction of sp³-hybridized carbons (Fsp3) is 0.867. The molecule has 0 radical (unpaired) electrons. The summed E-state index contributed by atoms with van der Waals surface area (Å²) in [5.41, 5.74) is 0.737. The SMILES string of the molecule is CCCCCCCCCC(CCC(=O)O)C1(C(=O)O)NOO1. The highest BCUT2D eigenvalue weighted by Gasteiger charge is 2.55. The van der Waals surface area contributed by atoms with E-state index in [-0.39, 0.29) is 12.8 Å². The summed E-state index contributed by atoms with van der Waals surface area (Å²) in [5, 5.41) is 18.1. The highest BCUT2D eigenvalue weighted by Crippen LogP contribution is 2.34. The van der Waals surface area contributed by atoms with Crippen molar-refractivity contribution in [3.8, 4) is 0 Å². The van der Waals surface area contributed by atoms with Crippen molar-refractivity contribution in [2.45, 2.75) is 76.9 Å². The van der Waals surface area contributed by atoms with E-state index in [2.05, 4.69) is 17.4 Å². The topological polar surface area (TPSA) is 105 Å². The van der Waals surface area contributed by atoms with Gasteiger partial charge < -0.3 is 10.2 Å². The van der Waals surface area contributed by atoms with Crippen LogP contribution in [0.3, 0.4) is 0 Å². The average Bonchev–Trinajstić information content (AvgIpc) is 2.41. The van der Waals surface area contributed by atoms with Gasteiger partial charge in [-0.2, -0.15) is 4.89 Å². The molecule has 1 aliphatic rings. The van der Waals surface area contributed by atoms with E-state index in [1.807, 2.05) is 0 Å². The molecule has 1 saturated heterocycles. The molecule has 3 N–H and O–H groups in total. The summed E-state index contributed by atoms with van der Waals surface area (Å²) < 4.78 is 0. The molecule has 0 bridgehead atoms. The van der Waals surface area contributed by atoms with Gasteiger partial charge in [-0.05, 0) is 12.8 Å². The number of nitrogens with one attached hydrogen (secondary N) is 1. The Kier molecular flexibility index (Phi) is 8.37. The van der Waals surface area contributed by atoms with Crippen molar-refractivity contribution >= 4 is 11.9 Å². The van der Waals surface area contributed by atoms with E-state index in [1.54, 1.807) is 0 Å². The molecule has 1 aliphatic heterocycles. The van der Waals surface area contributed by atoms with E-state index in [1.165, 1.54) is 25.7 Å². The molecular formula is C15H27NO6. The second-order valence-electron chi connectivity index (χ2n) is 5.85. The van der Waals surface area contributed by atoms with Crippen molar-refractivity contribution in [3.63, 3.8) is 0 Å². The lowest BCUT2D eigenvalue weighted by Crippen LogP contribution is -2.67. The Morgan fingerprint density at radius 2 is 1.64 bits per heavy atom. The van der Waals surface area contributed by atoms with Crippen LogP contribution >= 0.6 is 0 Å². The van der Waals surface area contributed by atoms with Gasteiger partial charge in [0.2, 0.25) is 0 Å². The van der Waals surface area contributed by atoms with E-state index in [4.69, 9.17) is 9.99 Å². The van der Waals surface area contributed by atoms with Crippen LogP contribution in [-0.2, 0) is 19.5 Å². The summed E-state index contributed by atoms with van der Waals surface area (Å²) in [6.07, 6.45) is 8.64. The van der Waals surface area contributed by atoms with E-state index in [9.17, 15) is 14.7 Å². The standard InChI is InChI=1S/C15H27NO6/c1-2-3-4-5-6-7-8-9-12(10-11-13(17)18)15(14(19)20)16-22-21-15/h12,16H,2-11H2,1H3,(H,17,18)(H,19,20). The summed E-state index contributed by atoms with van der Waals surface area (Å²) in [7, 11) is 0. The Morgan fingerprint density at radius 3 is 2.09 bits per heavy atom. The maximum Gasteiger partial charge on any atom is 0.357 e. The maximum atomic E-state index is 11.4. The van der Waals surface area contributed by atoms with Crippen LogP contribution in [0.15, 0.2) is 0 Å². The van der Waals surface area contributed by atoms with Crippen LogP contribution in [0, 0.1) is 5.92 Å². The molecule has 7 nitrogen and oxygen atoms in total. The Labute approximate surface area is 130 Å². The van der Waals surface area contributed by atoms with E-state index >= 15 is 0 Å². The number of aliphatic carboxylic acids is 2. The maximum absolute atomic E-state index is 11.4. The van der Waals surface area contributed by atoms with Crippen LogP contribution in [0.2, 0.25) is 0 Å². The predicted molar refractivity (Wildman–Crippen MR) is 78.6 cm³/mol. The smallest absolute Gasteiger partial charge is 0.357 e. The summed E-state index contributed by atoms with van der Waals surface area (Å²) in [6, 6.07) is 0. The van der Waals surface area contributed by atoms with Crippen molar-refractivity contribution in [2.75, 3.05) is 0 Å². The van der Waals surface area contributed by atoms with Gasteiger partial charge in [0.05, 0.1) is 0 Å². The van der Waals surface area contributed by atoms with Crippen LogP contribution in [0.25, 0.3) is 0 Å². The molecule has 0 aromatic rings. The molecule has 7 heteroatoms. The van der Waals surface area contributed by atoms with Crippen LogP contribution in [0.5, 0.6) is 0 Å². The second kappa shape index (κ2) is 9.76. The Balaban J connectivity index is 2.39. The third-order valence-corrected chi connectivity index (χ3v) is 4.12. The van der Waals surface area contributed by atoms with Crippen LogP contribution in [-0.4, -0.2) is 27.9 Å². The summed E-state index contributed by atoms with van der Waals surface area (Å²) in [4.78, 5) is 31.3. The summed E-state index contributed by atoms with van der Waals surface area (Å²) in [5.74, 6) is -2.53. The minimum Gasteiger partial charge on any atom is -0.481 e. The fourth-order valence-corrected chi connectivity index (χ4v) is 2.73. The fourth-order valence-electron chi connectivity index (χ4n) is 2.73. The van der Waals surface area contributed by atoms with E-state index < -0.39 is 23.6 Å². The number of unbranched alkanes of at least 4 members (excludes halogenated alkanes) is 6. The first-order chi connectivity index (χ1) is 10.5. The van der Waals surface area contributed by atoms with Gasteiger partial charge >= 0.3 is 11.9 Å². The highest BCUT2D eigenvalue weighted by molar-refractivity contribution is 5.77. The van der Waals surface area contributed by atoms with Gasteiger partial charge in [0.15, 0.2) is 0 Å². The zero-order chi connectivity index (χ0) is 16.4. The molecule has 0 aliphatic carbocycles. The van der Waals surface area contributed by atoms with Gasteiger partial charge in [-0.3, -0.25) is 4.79 Å². The average molecular weight is 317 g/mol. The van der Waals surface area contributed by atoms with Gasteiger partial charge in [0.1, 0.15) is 0 Å². The first kappa shape index (κ1) is 18.9. The van der Waals surface area contributed by atoms with Gasteiger partial charge in [-0.15, -0.1) is 10.5 Å². The lowest BCUT2D eigenvalue weighted by molar-refractivity contribution is -0.529. The molecule has 2 unspecified atom stereocenters.